The summed E-state index contributed by atoms with van der Waals surface area (Å²) in [4.78, 5) is 0.319. The molecule has 1 atom stereocenters. The molecule has 2 rings (SSSR count). The van der Waals surface area contributed by atoms with Gasteiger partial charge in [-0.3, -0.25) is 0 Å². The first kappa shape index (κ1) is 11.0. The number of benzene rings is 1. The van der Waals surface area contributed by atoms with E-state index in [2.05, 4.69) is 0 Å². The van der Waals surface area contributed by atoms with Gasteiger partial charge in [-0.25, -0.2) is 4.21 Å². The van der Waals surface area contributed by atoms with E-state index < -0.39 is 11.1 Å². The van der Waals surface area contributed by atoms with Gasteiger partial charge in [0.15, 0.2) is 22.6 Å². The van der Waals surface area contributed by atoms with Crippen LogP contribution in [0.2, 0.25) is 0 Å². The molecule has 0 spiro atoms. The fraction of sp³-hybridized carbons (Fsp3) is 0.143. The summed E-state index contributed by atoms with van der Waals surface area (Å²) in [6, 6.07) is 4.65. The maximum atomic E-state index is 10.6. The van der Waals surface area contributed by atoms with Gasteiger partial charge in [0.25, 0.3) is 0 Å². The fourth-order valence-corrected chi connectivity index (χ4v) is 1.38. The first-order chi connectivity index (χ1) is 5.77. The summed E-state index contributed by atoms with van der Waals surface area (Å²) < 4.78 is 29.4. The van der Waals surface area contributed by atoms with Crippen molar-refractivity contribution in [3.05, 3.63) is 18.2 Å². The molecule has 1 aromatic carbocycles. The zero-order valence-electron chi connectivity index (χ0n) is 7.02. The van der Waals surface area contributed by atoms with Crippen LogP contribution in [0.1, 0.15) is 0 Å². The minimum Gasteiger partial charge on any atom is -0.454 e. The van der Waals surface area contributed by atoms with Crippen LogP contribution in [0.4, 0.5) is 0 Å². The molecule has 0 aromatic heterocycles. The van der Waals surface area contributed by atoms with Crippen molar-refractivity contribution >= 4 is 40.6 Å². The van der Waals surface area contributed by atoms with Crippen molar-refractivity contribution in [2.24, 2.45) is 0 Å². The van der Waals surface area contributed by atoms with Gasteiger partial charge < -0.3 is 14.0 Å². The molecule has 13 heavy (non-hydrogen) atoms. The Labute approximate surface area is 99.8 Å². The van der Waals surface area contributed by atoms with Gasteiger partial charge in [0.1, 0.15) is 0 Å². The monoisotopic (exact) mass is 209 g/mol. The summed E-state index contributed by atoms with van der Waals surface area (Å²) in [6.45, 7) is 0.177. The van der Waals surface area contributed by atoms with Crippen molar-refractivity contribution in [3.8, 4) is 11.5 Å². The van der Waals surface area contributed by atoms with Crippen LogP contribution in [0.25, 0.3) is 0 Å². The Morgan fingerprint density at radius 2 is 2.00 bits per heavy atom. The van der Waals surface area contributed by atoms with Crippen LogP contribution in [0.3, 0.4) is 0 Å². The first-order valence-electron chi connectivity index (χ1n) is 3.28. The van der Waals surface area contributed by atoms with Crippen LogP contribution in [0.15, 0.2) is 23.1 Å². The second-order valence-corrected chi connectivity index (χ2v) is 3.23. The Kier molecular flexibility index (Phi) is 3.75. The predicted molar refractivity (Wildman–Crippen MR) is 47.4 cm³/mol. The van der Waals surface area contributed by atoms with Crippen LogP contribution in [-0.2, 0) is 11.1 Å². The summed E-state index contributed by atoms with van der Waals surface area (Å²) in [6.07, 6.45) is 0. The second kappa shape index (κ2) is 4.43. The average Bonchev–Trinajstić information content (AvgIpc) is 2.49. The molecule has 1 aliphatic heterocycles. The van der Waals surface area contributed by atoms with Gasteiger partial charge in [0, 0.05) is 35.6 Å². The third-order valence-electron chi connectivity index (χ3n) is 1.55. The molecule has 0 aliphatic carbocycles. The Bertz CT molecular complexity index is 341. The zero-order chi connectivity index (χ0) is 8.55. The number of hydrogen-bond acceptors (Lipinski definition) is 3. The van der Waals surface area contributed by atoms with E-state index in [4.69, 9.17) is 14.0 Å². The smallest absolute Gasteiger partial charge is 0.231 e. The summed E-state index contributed by atoms with van der Waals surface area (Å²) in [7, 11) is 0. The fourth-order valence-electron chi connectivity index (χ4n) is 0.985. The number of ether oxygens (including phenoxy) is 2. The molecule has 0 bridgehead atoms. The van der Waals surface area contributed by atoms with E-state index in [1.807, 2.05) is 0 Å². The van der Waals surface area contributed by atoms with Crippen molar-refractivity contribution in [1.82, 2.24) is 0 Å². The molecule has 1 N–H and O–H groups in total. The summed E-state index contributed by atoms with van der Waals surface area (Å²) in [5.41, 5.74) is 0. The quantitative estimate of drug-likeness (QED) is 0.544. The minimum atomic E-state index is -1.96. The summed E-state index contributed by atoms with van der Waals surface area (Å²) in [5, 5.41) is 0. The Morgan fingerprint density at radius 1 is 1.31 bits per heavy atom. The molecule has 0 saturated heterocycles. The van der Waals surface area contributed by atoms with Crippen LogP contribution < -0.4 is 9.47 Å². The Morgan fingerprint density at radius 3 is 2.69 bits per heavy atom. The van der Waals surface area contributed by atoms with Crippen molar-refractivity contribution in [2.45, 2.75) is 4.90 Å². The van der Waals surface area contributed by atoms with Crippen molar-refractivity contribution in [3.63, 3.8) is 0 Å². The van der Waals surface area contributed by atoms with Crippen LogP contribution in [0, 0.1) is 0 Å². The predicted octanol–water partition coefficient (Wildman–Crippen LogP) is 0.615. The SMILES string of the molecule is O=S(O)c1ccc2c(c1)OCO2.[Na]. The van der Waals surface area contributed by atoms with E-state index in [0.29, 0.717) is 16.4 Å². The molecule has 0 saturated carbocycles. The van der Waals surface area contributed by atoms with Crippen molar-refractivity contribution in [2.75, 3.05) is 6.79 Å². The zero-order valence-corrected chi connectivity index (χ0v) is 9.84. The number of hydrogen-bond donors (Lipinski definition) is 1. The topological polar surface area (TPSA) is 55.8 Å². The van der Waals surface area contributed by atoms with Crippen LogP contribution >= 0.6 is 0 Å². The third kappa shape index (κ3) is 2.24. The van der Waals surface area contributed by atoms with E-state index in [1.165, 1.54) is 12.1 Å². The van der Waals surface area contributed by atoms with Gasteiger partial charge >= 0.3 is 0 Å². The molecule has 6 heteroatoms. The van der Waals surface area contributed by atoms with Gasteiger partial charge in [-0.05, 0) is 12.1 Å². The van der Waals surface area contributed by atoms with E-state index >= 15 is 0 Å². The van der Waals surface area contributed by atoms with Crippen LogP contribution in [0.5, 0.6) is 11.5 Å². The molecule has 1 radical (unpaired) electrons. The molecule has 65 valence electrons. The van der Waals surface area contributed by atoms with E-state index in [-0.39, 0.29) is 36.4 Å². The normalized spacial score (nSPS) is 14.8. The molecule has 0 fully saturated rings. The minimum absolute atomic E-state index is 0. The maximum Gasteiger partial charge on any atom is 0.231 e. The molecule has 1 aromatic rings. The van der Waals surface area contributed by atoms with Gasteiger partial charge in [-0.2, -0.15) is 0 Å². The van der Waals surface area contributed by atoms with E-state index in [0.717, 1.165) is 0 Å². The summed E-state index contributed by atoms with van der Waals surface area (Å²) >= 11 is -1.96. The Hall–Kier alpha value is -0.0700. The van der Waals surface area contributed by atoms with Gasteiger partial charge in [0.05, 0.1) is 4.90 Å². The van der Waals surface area contributed by atoms with E-state index in [1.54, 1.807) is 6.07 Å². The summed E-state index contributed by atoms with van der Waals surface area (Å²) in [5.74, 6) is 1.14. The van der Waals surface area contributed by atoms with Crippen LogP contribution in [-0.4, -0.2) is 45.1 Å². The molecule has 4 nitrogen and oxygen atoms in total. The largest absolute Gasteiger partial charge is 0.454 e. The number of rotatable bonds is 1. The first-order valence-corrected chi connectivity index (χ1v) is 4.38. The van der Waals surface area contributed by atoms with Gasteiger partial charge in [-0.1, -0.05) is 0 Å². The maximum absolute atomic E-state index is 10.6. The van der Waals surface area contributed by atoms with Gasteiger partial charge in [-0.15, -0.1) is 0 Å². The molecule has 1 unspecified atom stereocenters. The van der Waals surface area contributed by atoms with Crippen molar-refractivity contribution in [1.29, 1.82) is 0 Å². The molecule has 1 heterocycles. The molecular weight excluding hydrogens is 203 g/mol. The number of fused-ring (bicyclic) bond motifs is 1. The van der Waals surface area contributed by atoms with Crippen molar-refractivity contribution < 1.29 is 18.2 Å². The average molecular weight is 209 g/mol. The van der Waals surface area contributed by atoms with E-state index in [9.17, 15) is 4.21 Å². The van der Waals surface area contributed by atoms with Gasteiger partial charge in [0.2, 0.25) is 6.79 Å². The third-order valence-corrected chi connectivity index (χ3v) is 2.20. The molecule has 1 aliphatic rings. The Balaban J connectivity index is 0.000000845. The molecular formula is C7H6NaO4S. The standard InChI is InChI=1S/C7H6O4S.Na/c8-12(9)5-1-2-6-7(3-5)11-4-10-6;/h1-3H,4H2,(H,8,9);. The second-order valence-electron chi connectivity index (χ2n) is 2.26. The molecule has 0 amide bonds.